The van der Waals surface area contributed by atoms with Gasteiger partial charge in [0, 0.05) is 23.5 Å². The summed E-state index contributed by atoms with van der Waals surface area (Å²) in [6.07, 6.45) is -0.220. The number of fused-ring (bicyclic) bond motifs is 1. The SMILES string of the molecule is O=C1C(n2cc(-c3ccc(-c4ccncc4)cc3F)nn2)CCc2c(F)cccc2N1CC(F)(F)F. The Morgan fingerprint density at radius 2 is 1.75 bits per heavy atom. The number of aromatic nitrogens is 4. The number of hydrogen-bond acceptors (Lipinski definition) is 4. The van der Waals surface area contributed by atoms with Crippen molar-refractivity contribution in [3.63, 3.8) is 0 Å². The first-order chi connectivity index (χ1) is 17.2. The molecule has 0 saturated heterocycles. The van der Waals surface area contributed by atoms with Gasteiger partial charge in [0.1, 0.15) is 29.9 Å². The van der Waals surface area contributed by atoms with Crippen molar-refractivity contribution in [1.29, 1.82) is 0 Å². The first kappa shape index (κ1) is 23.6. The average molecular weight is 499 g/mol. The summed E-state index contributed by atoms with van der Waals surface area (Å²) in [5, 5.41) is 7.87. The predicted octanol–water partition coefficient (Wildman–Crippen LogP) is 5.37. The molecule has 3 heterocycles. The van der Waals surface area contributed by atoms with Gasteiger partial charge in [0.2, 0.25) is 0 Å². The molecule has 1 aliphatic rings. The molecular weight excluding hydrogens is 481 g/mol. The molecule has 36 heavy (non-hydrogen) atoms. The Kier molecular flexibility index (Phi) is 5.99. The van der Waals surface area contributed by atoms with Gasteiger partial charge >= 0.3 is 6.18 Å². The van der Waals surface area contributed by atoms with Gasteiger partial charge in [0.05, 0.1) is 11.9 Å². The summed E-state index contributed by atoms with van der Waals surface area (Å²) < 4.78 is 70.5. The molecule has 0 aliphatic carbocycles. The molecule has 0 bridgehead atoms. The third-order valence-electron chi connectivity index (χ3n) is 6.03. The zero-order valence-corrected chi connectivity index (χ0v) is 18.6. The largest absolute Gasteiger partial charge is 0.406 e. The van der Waals surface area contributed by atoms with Gasteiger partial charge in [-0.15, -0.1) is 5.10 Å². The molecule has 0 spiro atoms. The van der Waals surface area contributed by atoms with E-state index in [-0.39, 0.29) is 35.3 Å². The van der Waals surface area contributed by atoms with Crippen molar-refractivity contribution in [2.75, 3.05) is 11.4 Å². The van der Waals surface area contributed by atoms with Crippen LogP contribution in [0.15, 0.2) is 67.1 Å². The summed E-state index contributed by atoms with van der Waals surface area (Å²) in [4.78, 5) is 17.7. The first-order valence-electron chi connectivity index (χ1n) is 11.0. The van der Waals surface area contributed by atoms with Gasteiger partial charge in [-0.25, -0.2) is 13.5 Å². The predicted molar refractivity (Wildman–Crippen MR) is 121 cm³/mol. The van der Waals surface area contributed by atoms with Crippen LogP contribution in [0.4, 0.5) is 27.6 Å². The molecule has 0 radical (unpaired) electrons. The standard InChI is InChI=1S/C25H18F5N5O/c26-19-2-1-3-22-18(19)6-7-23(24(36)34(22)14-25(28,29)30)35-13-21(32-33-35)17-5-4-16(12-20(17)27)15-8-10-31-11-9-15/h1-5,8-13,23H,6-7,14H2. The summed E-state index contributed by atoms with van der Waals surface area (Å²) in [5.41, 5.74) is 1.50. The van der Waals surface area contributed by atoms with Crippen LogP contribution in [0.2, 0.25) is 0 Å². The van der Waals surface area contributed by atoms with Crippen molar-refractivity contribution >= 4 is 11.6 Å². The third kappa shape index (κ3) is 4.56. The Bertz CT molecular complexity index is 1420. The fourth-order valence-electron chi connectivity index (χ4n) is 4.34. The minimum atomic E-state index is -4.71. The molecular formula is C25H18F5N5O. The second-order valence-corrected chi connectivity index (χ2v) is 8.35. The van der Waals surface area contributed by atoms with E-state index in [1.54, 1.807) is 30.6 Å². The van der Waals surface area contributed by atoms with Crippen LogP contribution in [-0.2, 0) is 11.2 Å². The molecule has 1 aliphatic heterocycles. The quantitative estimate of drug-likeness (QED) is 0.355. The van der Waals surface area contributed by atoms with E-state index >= 15 is 0 Å². The molecule has 4 aromatic rings. The number of amides is 1. The number of pyridine rings is 1. The van der Waals surface area contributed by atoms with E-state index in [9.17, 15) is 26.7 Å². The van der Waals surface area contributed by atoms with Gasteiger partial charge in [0.25, 0.3) is 5.91 Å². The highest BCUT2D eigenvalue weighted by Crippen LogP contribution is 2.35. The van der Waals surface area contributed by atoms with Gasteiger partial charge in [-0.1, -0.05) is 17.3 Å². The number of benzene rings is 2. The Balaban J connectivity index is 1.47. The van der Waals surface area contributed by atoms with Gasteiger partial charge in [-0.2, -0.15) is 13.2 Å². The van der Waals surface area contributed by atoms with Crippen molar-refractivity contribution in [3.8, 4) is 22.4 Å². The zero-order chi connectivity index (χ0) is 25.4. The van der Waals surface area contributed by atoms with Crippen LogP contribution < -0.4 is 4.90 Å². The lowest BCUT2D eigenvalue weighted by molar-refractivity contribution is -0.134. The molecule has 11 heteroatoms. The molecule has 2 aromatic heterocycles. The highest BCUT2D eigenvalue weighted by Gasteiger charge is 2.40. The highest BCUT2D eigenvalue weighted by molar-refractivity contribution is 5.97. The number of rotatable bonds is 4. The number of alkyl halides is 3. The molecule has 1 atom stereocenters. The summed E-state index contributed by atoms with van der Waals surface area (Å²) in [5.74, 6) is -2.18. The van der Waals surface area contributed by atoms with Crippen LogP contribution >= 0.6 is 0 Å². The normalized spacial score (nSPS) is 16.1. The number of halogens is 5. The molecule has 0 N–H and O–H groups in total. The van der Waals surface area contributed by atoms with Gasteiger partial charge in [-0.3, -0.25) is 9.78 Å². The zero-order valence-electron chi connectivity index (χ0n) is 18.6. The van der Waals surface area contributed by atoms with Crippen LogP contribution in [0, 0.1) is 11.6 Å². The Labute approximate surface area is 202 Å². The number of nitrogens with zero attached hydrogens (tertiary/aromatic N) is 5. The van der Waals surface area contributed by atoms with Gasteiger partial charge in [-0.05, 0) is 60.4 Å². The van der Waals surface area contributed by atoms with E-state index in [0.29, 0.717) is 10.5 Å². The van der Waals surface area contributed by atoms with E-state index in [0.717, 1.165) is 16.3 Å². The molecule has 5 rings (SSSR count). The molecule has 1 amide bonds. The smallest absolute Gasteiger partial charge is 0.301 e. The summed E-state index contributed by atoms with van der Waals surface area (Å²) in [6.45, 7) is -1.58. The second-order valence-electron chi connectivity index (χ2n) is 8.35. The van der Waals surface area contributed by atoms with Crippen LogP contribution in [0.1, 0.15) is 18.0 Å². The van der Waals surface area contributed by atoms with E-state index in [1.807, 2.05) is 0 Å². The van der Waals surface area contributed by atoms with Crippen molar-refractivity contribution in [2.24, 2.45) is 0 Å². The maximum Gasteiger partial charge on any atom is 0.406 e. The maximum atomic E-state index is 15.0. The van der Waals surface area contributed by atoms with E-state index in [4.69, 9.17) is 0 Å². The molecule has 6 nitrogen and oxygen atoms in total. The Hall–Kier alpha value is -4.15. The average Bonchev–Trinajstić information content (AvgIpc) is 3.28. The van der Waals surface area contributed by atoms with Crippen LogP contribution in [0.25, 0.3) is 22.4 Å². The topological polar surface area (TPSA) is 63.9 Å². The molecule has 0 saturated carbocycles. The second kappa shape index (κ2) is 9.14. The lowest BCUT2D eigenvalue weighted by atomic mass is 10.0. The fourth-order valence-corrected chi connectivity index (χ4v) is 4.34. The van der Waals surface area contributed by atoms with Crippen LogP contribution in [0.5, 0.6) is 0 Å². The van der Waals surface area contributed by atoms with Gasteiger partial charge < -0.3 is 4.90 Å². The number of carbonyl (C=O) groups excluding carboxylic acids is 1. The lowest BCUT2D eigenvalue weighted by Crippen LogP contribution is -2.42. The maximum absolute atomic E-state index is 15.0. The number of carbonyl (C=O) groups is 1. The molecule has 2 aromatic carbocycles. The van der Waals surface area contributed by atoms with Crippen molar-refractivity contribution in [2.45, 2.75) is 25.1 Å². The Morgan fingerprint density at radius 3 is 2.47 bits per heavy atom. The third-order valence-corrected chi connectivity index (χ3v) is 6.03. The lowest BCUT2D eigenvalue weighted by Gasteiger charge is -2.26. The summed E-state index contributed by atoms with van der Waals surface area (Å²) in [7, 11) is 0. The number of anilines is 1. The first-order valence-corrected chi connectivity index (χ1v) is 11.0. The monoisotopic (exact) mass is 499 g/mol. The van der Waals surface area contributed by atoms with Crippen molar-refractivity contribution < 1.29 is 26.7 Å². The van der Waals surface area contributed by atoms with Gasteiger partial charge in [0.15, 0.2) is 0 Å². The minimum absolute atomic E-state index is 0.00656. The fraction of sp³-hybridized carbons (Fsp3) is 0.200. The van der Waals surface area contributed by atoms with Crippen LogP contribution in [-0.4, -0.2) is 38.6 Å². The summed E-state index contributed by atoms with van der Waals surface area (Å²) in [6, 6.07) is 10.5. The van der Waals surface area contributed by atoms with E-state index in [1.165, 1.54) is 30.5 Å². The van der Waals surface area contributed by atoms with E-state index < -0.39 is 36.3 Å². The molecule has 184 valence electrons. The molecule has 0 fully saturated rings. The summed E-state index contributed by atoms with van der Waals surface area (Å²) >= 11 is 0. The number of hydrogen-bond donors (Lipinski definition) is 0. The minimum Gasteiger partial charge on any atom is -0.301 e. The van der Waals surface area contributed by atoms with Crippen molar-refractivity contribution in [3.05, 3.63) is 84.3 Å². The van der Waals surface area contributed by atoms with Crippen molar-refractivity contribution in [1.82, 2.24) is 20.0 Å². The van der Waals surface area contributed by atoms with E-state index in [2.05, 4.69) is 15.3 Å². The highest BCUT2D eigenvalue weighted by atomic mass is 19.4. The van der Waals surface area contributed by atoms with Crippen LogP contribution in [0.3, 0.4) is 0 Å². The Morgan fingerprint density at radius 1 is 0.972 bits per heavy atom. The molecule has 1 unspecified atom stereocenters.